The molecular formula is C30H16O3. The number of fused-ring (bicyclic) bond motifs is 7. The maximum Gasteiger partial charge on any atom is 0.194 e. The lowest BCUT2D eigenvalue weighted by molar-refractivity contribution is 0.0979. The number of ketones is 2. The predicted molar refractivity (Wildman–Crippen MR) is 130 cm³/mol. The van der Waals surface area contributed by atoms with Gasteiger partial charge < -0.3 is 4.42 Å². The Morgan fingerprint density at radius 3 is 1.97 bits per heavy atom. The van der Waals surface area contributed by atoms with Crippen molar-refractivity contribution in [2.45, 2.75) is 0 Å². The standard InChI is InChI=1S/C30H16O3/c31-29-21-7-3-4-8-22(21)30(32)24-15-18(9-12-23(24)29)19-11-13-26-25(16-19)28-20-6-2-1-5-17(20)10-14-27(28)33-26/h1-16H. The van der Waals surface area contributed by atoms with Gasteiger partial charge in [0, 0.05) is 33.0 Å². The highest BCUT2D eigenvalue weighted by molar-refractivity contribution is 6.28. The Labute approximate surface area is 188 Å². The molecule has 1 aliphatic carbocycles. The fourth-order valence-corrected chi connectivity index (χ4v) is 5.01. The molecule has 33 heavy (non-hydrogen) atoms. The van der Waals surface area contributed by atoms with Crippen molar-refractivity contribution in [2.24, 2.45) is 0 Å². The minimum absolute atomic E-state index is 0.102. The third kappa shape index (κ3) is 2.50. The molecule has 5 aromatic carbocycles. The SMILES string of the molecule is O=C1c2ccccc2C(=O)c2cc(-c3ccc4oc5ccc6ccccc6c5c4c3)ccc21. The summed E-state index contributed by atoms with van der Waals surface area (Å²) in [6.07, 6.45) is 0. The molecule has 0 saturated heterocycles. The summed E-state index contributed by atoms with van der Waals surface area (Å²) in [5.41, 5.74) is 5.40. The van der Waals surface area contributed by atoms with E-state index in [1.165, 1.54) is 0 Å². The lowest BCUT2D eigenvalue weighted by atomic mass is 9.83. The second-order valence-corrected chi connectivity index (χ2v) is 8.44. The average Bonchev–Trinajstić information content (AvgIpc) is 3.25. The summed E-state index contributed by atoms with van der Waals surface area (Å²) in [4.78, 5) is 26.1. The van der Waals surface area contributed by atoms with Crippen LogP contribution in [0.1, 0.15) is 31.8 Å². The van der Waals surface area contributed by atoms with Crippen LogP contribution >= 0.6 is 0 Å². The number of hydrogen-bond donors (Lipinski definition) is 0. The Balaban J connectivity index is 1.44. The number of hydrogen-bond acceptors (Lipinski definition) is 3. The van der Waals surface area contributed by atoms with Crippen LogP contribution in [0.2, 0.25) is 0 Å². The average molecular weight is 424 g/mol. The summed E-state index contributed by atoms with van der Waals surface area (Å²) < 4.78 is 6.11. The molecule has 3 heteroatoms. The highest BCUT2D eigenvalue weighted by atomic mass is 16.3. The largest absolute Gasteiger partial charge is 0.456 e. The third-order valence-electron chi connectivity index (χ3n) is 6.62. The fourth-order valence-electron chi connectivity index (χ4n) is 5.01. The minimum atomic E-state index is -0.108. The first kappa shape index (κ1) is 18.1. The molecule has 0 bridgehead atoms. The van der Waals surface area contributed by atoms with E-state index >= 15 is 0 Å². The van der Waals surface area contributed by atoms with Crippen molar-refractivity contribution in [3.05, 3.63) is 119 Å². The van der Waals surface area contributed by atoms with Crippen molar-refractivity contribution < 1.29 is 14.0 Å². The van der Waals surface area contributed by atoms with Gasteiger partial charge >= 0.3 is 0 Å². The Morgan fingerprint density at radius 2 is 1.12 bits per heavy atom. The van der Waals surface area contributed by atoms with E-state index in [4.69, 9.17) is 4.42 Å². The molecule has 1 aromatic heterocycles. The zero-order valence-corrected chi connectivity index (χ0v) is 17.5. The molecule has 0 atom stereocenters. The third-order valence-corrected chi connectivity index (χ3v) is 6.62. The molecule has 0 aliphatic heterocycles. The van der Waals surface area contributed by atoms with Gasteiger partial charge in [0.1, 0.15) is 11.2 Å². The maximum absolute atomic E-state index is 13.2. The highest BCUT2D eigenvalue weighted by Crippen LogP contribution is 2.37. The van der Waals surface area contributed by atoms with Crippen molar-refractivity contribution in [3.8, 4) is 11.1 Å². The van der Waals surface area contributed by atoms with Crippen LogP contribution in [0.4, 0.5) is 0 Å². The van der Waals surface area contributed by atoms with Gasteiger partial charge in [-0.2, -0.15) is 0 Å². The molecule has 3 nitrogen and oxygen atoms in total. The van der Waals surface area contributed by atoms with E-state index in [1.54, 1.807) is 30.3 Å². The molecule has 0 saturated carbocycles. The Morgan fingerprint density at radius 1 is 0.485 bits per heavy atom. The van der Waals surface area contributed by atoms with Gasteiger partial charge in [0.25, 0.3) is 0 Å². The first-order valence-electron chi connectivity index (χ1n) is 10.9. The first-order valence-corrected chi connectivity index (χ1v) is 10.9. The Bertz CT molecular complexity index is 1800. The summed E-state index contributed by atoms with van der Waals surface area (Å²) in [6.45, 7) is 0. The lowest BCUT2D eigenvalue weighted by Crippen LogP contribution is -2.20. The van der Waals surface area contributed by atoms with Crippen molar-refractivity contribution in [1.29, 1.82) is 0 Å². The van der Waals surface area contributed by atoms with E-state index < -0.39 is 0 Å². The van der Waals surface area contributed by atoms with E-state index in [2.05, 4.69) is 24.3 Å². The van der Waals surface area contributed by atoms with Gasteiger partial charge in [-0.25, -0.2) is 0 Å². The summed E-state index contributed by atoms with van der Waals surface area (Å²) >= 11 is 0. The predicted octanol–water partition coefficient (Wildman–Crippen LogP) is 7.18. The van der Waals surface area contributed by atoms with E-state index in [9.17, 15) is 9.59 Å². The van der Waals surface area contributed by atoms with Crippen LogP contribution < -0.4 is 0 Å². The minimum Gasteiger partial charge on any atom is -0.456 e. The zero-order chi connectivity index (χ0) is 22.1. The van der Waals surface area contributed by atoms with Gasteiger partial charge in [0.05, 0.1) is 0 Å². The molecular weight excluding hydrogens is 408 g/mol. The molecule has 7 rings (SSSR count). The van der Waals surface area contributed by atoms with E-state index in [0.717, 1.165) is 43.8 Å². The topological polar surface area (TPSA) is 47.3 Å². The zero-order valence-electron chi connectivity index (χ0n) is 17.5. The van der Waals surface area contributed by atoms with Gasteiger partial charge in [0.2, 0.25) is 0 Å². The molecule has 0 amide bonds. The monoisotopic (exact) mass is 424 g/mol. The van der Waals surface area contributed by atoms with Gasteiger partial charge in [0.15, 0.2) is 11.6 Å². The normalized spacial score (nSPS) is 13.0. The molecule has 1 aliphatic rings. The Hall–Kier alpha value is -4.50. The molecule has 0 fully saturated rings. The molecule has 1 heterocycles. The Kier molecular flexibility index (Phi) is 3.57. The van der Waals surface area contributed by atoms with Crippen molar-refractivity contribution >= 4 is 44.3 Å². The fraction of sp³-hybridized carbons (Fsp3) is 0. The molecule has 0 N–H and O–H groups in total. The molecule has 154 valence electrons. The van der Waals surface area contributed by atoms with Crippen molar-refractivity contribution in [1.82, 2.24) is 0 Å². The number of furan rings is 1. The second-order valence-electron chi connectivity index (χ2n) is 8.44. The van der Waals surface area contributed by atoms with Crippen LogP contribution in [-0.2, 0) is 0 Å². The summed E-state index contributed by atoms with van der Waals surface area (Å²) in [7, 11) is 0. The van der Waals surface area contributed by atoms with Crippen LogP contribution in [-0.4, -0.2) is 11.6 Å². The van der Waals surface area contributed by atoms with E-state index in [1.807, 2.05) is 42.5 Å². The van der Waals surface area contributed by atoms with Crippen molar-refractivity contribution in [2.75, 3.05) is 0 Å². The van der Waals surface area contributed by atoms with Crippen molar-refractivity contribution in [3.63, 3.8) is 0 Å². The van der Waals surface area contributed by atoms with Crippen LogP contribution in [0.15, 0.2) is 101 Å². The lowest BCUT2D eigenvalue weighted by Gasteiger charge is -2.18. The quantitative estimate of drug-likeness (QED) is 0.280. The van der Waals surface area contributed by atoms with Crippen LogP contribution in [0, 0.1) is 0 Å². The van der Waals surface area contributed by atoms with E-state index in [-0.39, 0.29) is 11.6 Å². The smallest absolute Gasteiger partial charge is 0.194 e. The second kappa shape index (κ2) is 6.50. The summed E-state index contributed by atoms with van der Waals surface area (Å²) in [5, 5.41) is 4.43. The molecule has 0 radical (unpaired) electrons. The maximum atomic E-state index is 13.2. The highest BCUT2D eigenvalue weighted by Gasteiger charge is 2.29. The first-order chi connectivity index (χ1) is 16.2. The summed E-state index contributed by atoms with van der Waals surface area (Å²) in [5.74, 6) is -0.211. The number of rotatable bonds is 1. The number of carbonyl (C=O) groups is 2. The summed E-state index contributed by atoms with van der Waals surface area (Å²) in [6, 6.07) is 31.0. The van der Waals surface area contributed by atoms with Gasteiger partial charge in [-0.3, -0.25) is 9.59 Å². The van der Waals surface area contributed by atoms with Crippen LogP contribution in [0.5, 0.6) is 0 Å². The van der Waals surface area contributed by atoms with Gasteiger partial charge in [-0.05, 0) is 52.2 Å². The molecule has 0 unspecified atom stereocenters. The molecule has 6 aromatic rings. The van der Waals surface area contributed by atoms with E-state index in [0.29, 0.717) is 22.3 Å². The van der Waals surface area contributed by atoms with Crippen LogP contribution in [0.25, 0.3) is 43.8 Å². The molecule has 0 spiro atoms. The number of benzene rings is 5. The number of carbonyl (C=O) groups excluding carboxylic acids is 2. The van der Waals surface area contributed by atoms with Crippen LogP contribution in [0.3, 0.4) is 0 Å². The van der Waals surface area contributed by atoms with Gasteiger partial charge in [-0.15, -0.1) is 0 Å². The van der Waals surface area contributed by atoms with Gasteiger partial charge in [-0.1, -0.05) is 66.7 Å².